The lowest BCUT2D eigenvalue weighted by Crippen LogP contribution is -2.38. The number of imidazole rings is 1. The second kappa shape index (κ2) is 9.50. The van der Waals surface area contributed by atoms with Gasteiger partial charge in [0.2, 0.25) is 0 Å². The maximum Gasteiger partial charge on any atom is 0.338 e. The highest BCUT2D eigenvalue weighted by atomic mass is 19.1. The van der Waals surface area contributed by atoms with Gasteiger partial charge in [0.25, 0.3) is 5.91 Å². The standard InChI is InChI=1S/C25H27FN6O4/c1-14-8-18(14)15-4-7-22-28-16(11-31(22)10-15)12-32-13-20(29-30-32)24(33)27-9-19-17(25(34)36-3)5-6-21(35-2)23(19)26/h4-7,10-11,13-14,18,29-30H,8-9,12H2,1-3H3,(H,27,33)/t14-,18?/m1/s1. The van der Waals surface area contributed by atoms with Crippen LogP contribution in [0.3, 0.4) is 0 Å². The molecule has 188 valence electrons. The summed E-state index contributed by atoms with van der Waals surface area (Å²) in [6.45, 7) is 2.43. The van der Waals surface area contributed by atoms with Gasteiger partial charge < -0.3 is 19.2 Å². The number of ether oxygens (including phenoxy) is 2. The maximum atomic E-state index is 14.8. The van der Waals surface area contributed by atoms with Crippen molar-refractivity contribution in [3.8, 4) is 5.75 Å². The number of carbonyl (C=O) groups excluding carboxylic acids is 2. The van der Waals surface area contributed by atoms with Crippen LogP contribution in [0.25, 0.3) is 5.65 Å². The summed E-state index contributed by atoms with van der Waals surface area (Å²) in [4.78, 5) is 29.4. The van der Waals surface area contributed by atoms with Crippen LogP contribution in [-0.2, 0) is 22.6 Å². The Balaban J connectivity index is 1.24. The number of halogens is 1. The Morgan fingerprint density at radius 1 is 1.22 bits per heavy atom. The van der Waals surface area contributed by atoms with Crippen LogP contribution in [-0.4, -0.2) is 40.5 Å². The first-order chi connectivity index (χ1) is 17.4. The van der Waals surface area contributed by atoms with E-state index in [1.807, 2.05) is 16.7 Å². The molecule has 1 saturated carbocycles. The van der Waals surface area contributed by atoms with Crippen LogP contribution in [0.1, 0.15) is 46.4 Å². The van der Waals surface area contributed by atoms with Gasteiger partial charge in [0.05, 0.1) is 32.0 Å². The molecule has 1 aromatic carbocycles. The lowest BCUT2D eigenvalue weighted by atomic mass is 10.1. The maximum absolute atomic E-state index is 14.8. The number of hydrogen-bond donors (Lipinski definition) is 3. The molecule has 10 nitrogen and oxygen atoms in total. The SMILES string of the molecule is COC(=O)c1ccc(OC)c(F)c1CNC(=O)C1=CN(Cc2cn3cc(C4C[C@H]4C)ccc3n2)NN1. The van der Waals surface area contributed by atoms with Gasteiger partial charge in [-0.1, -0.05) is 13.0 Å². The minimum Gasteiger partial charge on any atom is -0.494 e. The third kappa shape index (κ3) is 4.57. The Kier molecular flexibility index (Phi) is 6.23. The molecular weight excluding hydrogens is 467 g/mol. The highest BCUT2D eigenvalue weighted by molar-refractivity contribution is 5.94. The average molecular weight is 495 g/mol. The monoisotopic (exact) mass is 494 g/mol. The molecule has 3 aromatic rings. The van der Waals surface area contributed by atoms with Crippen LogP contribution in [0.2, 0.25) is 0 Å². The van der Waals surface area contributed by atoms with E-state index in [4.69, 9.17) is 9.47 Å². The number of nitrogens with zero attached hydrogens (tertiary/aromatic N) is 3. The average Bonchev–Trinajstić information content (AvgIpc) is 3.25. The predicted molar refractivity (Wildman–Crippen MR) is 128 cm³/mol. The lowest BCUT2D eigenvalue weighted by molar-refractivity contribution is -0.118. The highest BCUT2D eigenvalue weighted by Crippen LogP contribution is 2.46. The number of pyridine rings is 1. The zero-order valence-corrected chi connectivity index (χ0v) is 20.2. The molecule has 2 atom stereocenters. The van der Waals surface area contributed by atoms with Gasteiger partial charge in [-0.2, -0.15) is 0 Å². The molecule has 0 saturated heterocycles. The predicted octanol–water partition coefficient (Wildman–Crippen LogP) is 2.37. The van der Waals surface area contributed by atoms with Crippen molar-refractivity contribution in [3.63, 3.8) is 0 Å². The Bertz CT molecular complexity index is 1370. The number of nitrogens with one attached hydrogen (secondary N) is 3. The summed E-state index contributed by atoms with van der Waals surface area (Å²) in [7, 11) is 2.53. The number of hydrogen-bond acceptors (Lipinski definition) is 8. The Labute approximate surface area is 207 Å². The topological polar surface area (TPSA) is 109 Å². The number of fused-ring (bicyclic) bond motifs is 1. The summed E-state index contributed by atoms with van der Waals surface area (Å²) in [5, 5.41) is 4.31. The van der Waals surface area contributed by atoms with Crippen LogP contribution in [0.15, 0.2) is 48.6 Å². The van der Waals surface area contributed by atoms with Crippen LogP contribution < -0.4 is 21.0 Å². The van der Waals surface area contributed by atoms with Crippen molar-refractivity contribution in [2.45, 2.75) is 32.4 Å². The molecule has 3 heterocycles. The Morgan fingerprint density at radius 2 is 2.03 bits per heavy atom. The summed E-state index contributed by atoms with van der Waals surface area (Å²) in [6, 6.07) is 6.89. The van der Waals surface area contributed by atoms with E-state index in [0.29, 0.717) is 12.5 Å². The fourth-order valence-electron chi connectivity index (χ4n) is 4.37. The number of carbonyl (C=O) groups is 2. The normalized spacial score (nSPS) is 18.6. The molecule has 0 spiro atoms. The number of benzene rings is 1. The largest absolute Gasteiger partial charge is 0.494 e. The van der Waals surface area contributed by atoms with Gasteiger partial charge in [0.15, 0.2) is 11.6 Å². The zero-order valence-electron chi connectivity index (χ0n) is 20.2. The molecule has 3 N–H and O–H groups in total. The lowest BCUT2D eigenvalue weighted by Gasteiger charge is -2.13. The van der Waals surface area contributed by atoms with Gasteiger partial charge in [-0.3, -0.25) is 15.2 Å². The zero-order chi connectivity index (χ0) is 25.4. The van der Waals surface area contributed by atoms with Crippen molar-refractivity contribution in [2.24, 2.45) is 5.92 Å². The first-order valence-corrected chi connectivity index (χ1v) is 11.6. The number of hydrazine groups is 2. The summed E-state index contributed by atoms with van der Waals surface area (Å²) < 4.78 is 26.5. The molecule has 5 rings (SSSR count). The van der Waals surface area contributed by atoms with Crippen molar-refractivity contribution in [2.75, 3.05) is 14.2 Å². The van der Waals surface area contributed by atoms with E-state index in [-0.39, 0.29) is 29.1 Å². The summed E-state index contributed by atoms with van der Waals surface area (Å²) in [5.41, 5.74) is 8.92. The molecule has 11 heteroatoms. The molecule has 36 heavy (non-hydrogen) atoms. The minimum atomic E-state index is -0.736. The Morgan fingerprint density at radius 3 is 2.75 bits per heavy atom. The van der Waals surface area contributed by atoms with E-state index in [1.54, 1.807) is 11.2 Å². The van der Waals surface area contributed by atoms with Crippen LogP contribution in [0.5, 0.6) is 5.75 Å². The number of rotatable bonds is 8. The van der Waals surface area contributed by atoms with Crippen LogP contribution in [0.4, 0.5) is 4.39 Å². The van der Waals surface area contributed by atoms with Crippen molar-refractivity contribution in [3.05, 3.63) is 76.8 Å². The van der Waals surface area contributed by atoms with Crippen molar-refractivity contribution in [1.82, 2.24) is 30.7 Å². The molecule has 1 amide bonds. The number of methoxy groups -OCH3 is 2. The Hall–Kier alpha value is -4.12. The van der Waals surface area contributed by atoms with Crippen LogP contribution in [0, 0.1) is 11.7 Å². The number of aromatic nitrogens is 2. The summed E-state index contributed by atoms with van der Waals surface area (Å²) in [6.07, 6.45) is 6.92. The summed E-state index contributed by atoms with van der Waals surface area (Å²) in [5.74, 6) is -0.612. The van der Waals surface area contributed by atoms with E-state index >= 15 is 0 Å². The van der Waals surface area contributed by atoms with Gasteiger partial charge in [-0.15, -0.1) is 5.53 Å². The summed E-state index contributed by atoms with van der Waals surface area (Å²) >= 11 is 0. The molecular formula is C25H27FN6O4. The molecule has 2 aliphatic rings. The van der Waals surface area contributed by atoms with Gasteiger partial charge >= 0.3 is 5.97 Å². The quantitative estimate of drug-likeness (QED) is 0.410. The molecule has 1 aliphatic heterocycles. The van der Waals surface area contributed by atoms with Gasteiger partial charge in [-0.05, 0) is 42.0 Å². The third-order valence-corrected chi connectivity index (χ3v) is 6.52. The molecule has 1 unspecified atom stereocenters. The van der Waals surface area contributed by atoms with E-state index in [0.717, 1.165) is 17.3 Å². The molecule has 2 aromatic heterocycles. The van der Waals surface area contributed by atoms with E-state index in [1.165, 1.54) is 38.3 Å². The number of esters is 1. The van der Waals surface area contributed by atoms with Crippen molar-refractivity contribution < 1.29 is 23.5 Å². The van der Waals surface area contributed by atoms with Gasteiger partial charge in [-0.25, -0.2) is 14.2 Å². The van der Waals surface area contributed by atoms with E-state index in [2.05, 4.69) is 40.4 Å². The smallest absolute Gasteiger partial charge is 0.338 e. The first kappa shape index (κ1) is 23.6. The van der Waals surface area contributed by atoms with Crippen LogP contribution >= 0.6 is 0 Å². The fraction of sp³-hybridized carbons (Fsp3) is 0.320. The number of amides is 1. The second-order valence-corrected chi connectivity index (χ2v) is 8.97. The van der Waals surface area contributed by atoms with Gasteiger partial charge in [0, 0.05) is 30.7 Å². The molecule has 0 radical (unpaired) electrons. The second-order valence-electron chi connectivity index (χ2n) is 8.97. The van der Waals surface area contributed by atoms with Gasteiger partial charge in [0.1, 0.15) is 11.3 Å². The van der Waals surface area contributed by atoms with Crippen molar-refractivity contribution >= 4 is 17.5 Å². The highest BCUT2D eigenvalue weighted by Gasteiger charge is 2.34. The molecule has 0 bridgehead atoms. The van der Waals surface area contributed by atoms with E-state index < -0.39 is 17.7 Å². The fourth-order valence-corrected chi connectivity index (χ4v) is 4.37. The van der Waals surface area contributed by atoms with E-state index in [9.17, 15) is 14.0 Å². The molecule has 1 fully saturated rings. The minimum absolute atomic E-state index is 0.00959. The molecule has 1 aliphatic carbocycles. The third-order valence-electron chi connectivity index (χ3n) is 6.52. The first-order valence-electron chi connectivity index (χ1n) is 11.6. The van der Waals surface area contributed by atoms with Crippen molar-refractivity contribution in [1.29, 1.82) is 0 Å².